The van der Waals surface area contributed by atoms with Crippen LogP contribution in [0, 0.1) is 0 Å². The molecule has 4 aromatic rings. The Morgan fingerprint density at radius 3 is 2.43 bits per heavy atom. The number of benzene rings is 2. The van der Waals surface area contributed by atoms with Crippen molar-refractivity contribution in [3.8, 4) is 5.75 Å². The van der Waals surface area contributed by atoms with Crippen molar-refractivity contribution in [1.29, 1.82) is 0 Å². The Kier molecular flexibility index (Phi) is 4.82. The number of halogens is 2. The van der Waals surface area contributed by atoms with Crippen LogP contribution in [-0.4, -0.2) is 43.3 Å². The van der Waals surface area contributed by atoms with Gasteiger partial charge in [-0.2, -0.15) is 0 Å². The Labute approximate surface area is 183 Å². The zero-order valence-electron chi connectivity index (χ0n) is 15.0. The summed E-state index contributed by atoms with van der Waals surface area (Å²) in [6.45, 7) is 3.64. The van der Waals surface area contributed by atoms with Crippen LogP contribution in [0.25, 0.3) is 20.4 Å². The van der Waals surface area contributed by atoms with Crippen molar-refractivity contribution in [2.75, 3.05) is 43.1 Å². The number of hydrogen-bond donors (Lipinski definition) is 0. The minimum absolute atomic E-state index is 0.721. The third-order valence-electron chi connectivity index (χ3n) is 4.83. The number of nitrogens with zero attached hydrogens (tertiary/aromatic N) is 4. The van der Waals surface area contributed by atoms with Gasteiger partial charge in [0.25, 0.3) is 0 Å². The van der Waals surface area contributed by atoms with Gasteiger partial charge in [-0.1, -0.05) is 50.2 Å². The highest BCUT2D eigenvalue weighted by Crippen LogP contribution is 2.39. The number of fused-ring (bicyclic) bond motifs is 2. The molecule has 1 saturated heterocycles. The zero-order valence-corrected chi connectivity index (χ0v) is 19.0. The number of anilines is 2. The van der Waals surface area contributed by atoms with Crippen molar-refractivity contribution in [2.24, 2.45) is 0 Å². The van der Waals surface area contributed by atoms with Crippen LogP contribution in [0.5, 0.6) is 5.75 Å². The minimum atomic E-state index is 0.721. The molecule has 28 heavy (non-hydrogen) atoms. The molecule has 0 saturated carbocycles. The summed E-state index contributed by atoms with van der Waals surface area (Å²) in [5, 5.41) is 2.80. The Morgan fingerprint density at radius 1 is 1.00 bits per heavy atom. The highest BCUT2D eigenvalue weighted by molar-refractivity contribution is 9.10. The van der Waals surface area contributed by atoms with E-state index >= 15 is 0 Å². The van der Waals surface area contributed by atoms with Crippen LogP contribution >= 0.6 is 50.2 Å². The van der Waals surface area contributed by atoms with Gasteiger partial charge in [-0.25, -0.2) is 9.97 Å². The smallest absolute Gasteiger partial charge is 0.186 e. The first-order valence-electron chi connectivity index (χ1n) is 8.81. The summed E-state index contributed by atoms with van der Waals surface area (Å²) in [6, 6.07) is 9.97. The van der Waals surface area contributed by atoms with Gasteiger partial charge in [0.05, 0.1) is 27.0 Å². The molecule has 2 aromatic carbocycles. The molecule has 2 aromatic heterocycles. The van der Waals surface area contributed by atoms with E-state index in [1.807, 2.05) is 18.2 Å². The number of ether oxygens (including phenoxy) is 1. The molecule has 0 amide bonds. The van der Waals surface area contributed by atoms with Gasteiger partial charge in [0.2, 0.25) is 0 Å². The fourth-order valence-corrected chi connectivity index (χ4v) is 6.23. The van der Waals surface area contributed by atoms with Gasteiger partial charge in [-0.3, -0.25) is 0 Å². The highest BCUT2D eigenvalue weighted by Gasteiger charge is 2.23. The molecule has 3 heterocycles. The molecule has 0 N–H and O–H groups in total. The van der Waals surface area contributed by atoms with E-state index in [0.717, 1.165) is 67.4 Å². The number of rotatable bonds is 3. The molecule has 0 aliphatic carbocycles. The van der Waals surface area contributed by atoms with Gasteiger partial charge in [0, 0.05) is 30.7 Å². The monoisotopic (exact) mass is 494 g/mol. The van der Waals surface area contributed by atoms with E-state index in [4.69, 9.17) is 26.3 Å². The summed E-state index contributed by atoms with van der Waals surface area (Å²) < 4.78 is 8.72. The Balaban J connectivity index is 1.36. The Hall–Kier alpha value is -1.61. The second-order valence-corrected chi connectivity index (χ2v) is 9.82. The molecular formula is C19H16BrClN4OS2. The molecule has 5 rings (SSSR count). The van der Waals surface area contributed by atoms with Crippen molar-refractivity contribution in [1.82, 2.24) is 9.97 Å². The van der Waals surface area contributed by atoms with Crippen molar-refractivity contribution in [3.63, 3.8) is 0 Å². The fraction of sp³-hybridized carbons (Fsp3) is 0.263. The van der Waals surface area contributed by atoms with E-state index in [-0.39, 0.29) is 0 Å². The minimum Gasteiger partial charge on any atom is -0.494 e. The van der Waals surface area contributed by atoms with Gasteiger partial charge < -0.3 is 14.5 Å². The molecule has 0 unspecified atom stereocenters. The molecule has 0 atom stereocenters. The van der Waals surface area contributed by atoms with Gasteiger partial charge >= 0.3 is 0 Å². The summed E-state index contributed by atoms with van der Waals surface area (Å²) in [7, 11) is 1.66. The zero-order chi connectivity index (χ0) is 19.3. The van der Waals surface area contributed by atoms with Crippen molar-refractivity contribution in [2.45, 2.75) is 0 Å². The summed E-state index contributed by atoms with van der Waals surface area (Å²) in [6.07, 6.45) is 0. The van der Waals surface area contributed by atoms with E-state index in [0.29, 0.717) is 0 Å². The van der Waals surface area contributed by atoms with Gasteiger partial charge in [-0.05, 0) is 30.3 Å². The highest BCUT2D eigenvalue weighted by atomic mass is 79.9. The van der Waals surface area contributed by atoms with Crippen LogP contribution in [0.2, 0.25) is 5.02 Å². The quantitative estimate of drug-likeness (QED) is 0.367. The van der Waals surface area contributed by atoms with Crippen LogP contribution in [0.1, 0.15) is 0 Å². The number of hydrogen-bond acceptors (Lipinski definition) is 7. The standard InChI is InChI=1S/C19H16BrClN4OS2/c1-26-14-5-3-12(21)17-16(14)23-19(28-17)25-8-6-24(7-9-25)18-22-13-4-2-11(20)10-15(13)27-18/h2-5,10H,6-9H2,1H3. The van der Waals surface area contributed by atoms with Crippen LogP contribution < -0.4 is 14.5 Å². The van der Waals surface area contributed by atoms with E-state index in [9.17, 15) is 0 Å². The lowest BCUT2D eigenvalue weighted by Gasteiger charge is -2.34. The first-order chi connectivity index (χ1) is 13.6. The van der Waals surface area contributed by atoms with E-state index in [1.165, 1.54) is 4.70 Å². The molecule has 144 valence electrons. The lowest BCUT2D eigenvalue weighted by molar-refractivity contribution is 0.419. The van der Waals surface area contributed by atoms with Gasteiger partial charge in [-0.15, -0.1) is 0 Å². The Bertz CT molecular complexity index is 1170. The molecule has 1 aliphatic heterocycles. The topological polar surface area (TPSA) is 41.5 Å². The molecule has 0 spiro atoms. The second-order valence-electron chi connectivity index (χ2n) is 6.51. The van der Waals surface area contributed by atoms with Crippen LogP contribution in [0.3, 0.4) is 0 Å². The molecule has 5 nitrogen and oxygen atoms in total. The van der Waals surface area contributed by atoms with Crippen LogP contribution in [-0.2, 0) is 0 Å². The fourth-order valence-electron chi connectivity index (χ4n) is 3.35. The number of aromatic nitrogens is 2. The van der Waals surface area contributed by atoms with E-state index in [1.54, 1.807) is 29.8 Å². The predicted octanol–water partition coefficient (Wildman–Crippen LogP) is 5.66. The third-order valence-corrected chi connectivity index (χ3v) is 7.98. The van der Waals surface area contributed by atoms with E-state index < -0.39 is 0 Å². The first kappa shape index (κ1) is 18.4. The SMILES string of the molecule is COc1ccc(Cl)c2sc(N3CCN(c4nc5ccc(Br)cc5s4)CC3)nc12. The predicted molar refractivity (Wildman–Crippen MR) is 123 cm³/mol. The molecule has 1 fully saturated rings. The average Bonchev–Trinajstić information content (AvgIpc) is 3.33. The van der Waals surface area contributed by atoms with E-state index in [2.05, 4.69) is 37.9 Å². The second kappa shape index (κ2) is 7.33. The third kappa shape index (κ3) is 3.22. The van der Waals surface area contributed by atoms with Crippen LogP contribution in [0.4, 0.5) is 10.3 Å². The summed E-state index contributed by atoms with van der Waals surface area (Å²) in [4.78, 5) is 14.3. The van der Waals surface area contributed by atoms with Crippen molar-refractivity contribution in [3.05, 3.63) is 39.8 Å². The lowest BCUT2D eigenvalue weighted by atomic mass is 10.3. The number of piperazine rings is 1. The maximum atomic E-state index is 6.37. The molecule has 9 heteroatoms. The lowest BCUT2D eigenvalue weighted by Crippen LogP contribution is -2.46. The molecule has 0 bridgehead atoms. The molecule has 0 radical (unpaired) electrons. The number of methoxy groups -OCH3 is 1. The summed E-state index contributed by atoms with van der Waals surface area (Å²) in [5.41, 5.74) is 1.90. The maximum absolute atomic E-state index is 6.37. The number of thiazole rings is 2. The maximum Gasteiger partial charge on any atom is 0.186 e. The van der Waals surface area contributed by atoms with Crippen LogP contribution in [0.15, 0.2) is 34.8 Å². The summed E-state index contributed by atoms with van der Waals surface area (Å²) in [5.74, 6) is 0.765. The van der Waals surface area contributed by atoms with Gasteiger partial charge in [0.1, 0.15) is 11.3 Å². The molecular weight excluding hydrogens is 480 g/mol. The summed E-state index contributed by atoms with van der Waals surface area (Å²) >= 11 is 13.3. The van der Waals surface area contributed by atoms with Crippen molar-refractivity contribution < 1.29 is 4.74 Å². The normalized spacial score (nSPS) is 15.0. The average molecular weight is 496 g/mol. The van der Waals surface area contributed by atoms with Crippen molar-refractivity contribution >= 4 is 80.9 Å². The first-order valence-corrected chi connectivity index (χ1v) is 11.6. The van der Waals surface area contributed by atoms with Gasteiger partial charge in [0.15, 0.2) is 10.3 Å². The molecule has 1 aliphatic rings. The Morgan fingerprint density at radius 2 is 1.71 bits per heavy atom. The largest absolute Gasteiger partial charge is 0.494 e.